The van der Waals surface area contributed by atoms with E-state index in [4.69, 9.17) is 0 Å². The van der Waals surface area contributed by atoms with Crippen LogP contribution in [0.25, 0.3) is 0 Å². The number of rotatable bonds is 1. The molecule has 3 rings (SSSR count). The zero-order valence-corrected chi connectivity index (χ0v) is 8.82. The minimum absolute atomic E-state index is 0.368. The third kappa shape index (κ3) is 1.40. The summed E-state index contributed by atoms with van der Waals surface area (Å²) in [4.78, 5) is 11.1. The molecule has 2 saturated heterocycles. The highest BCUT2D eigenvalue weighted by Gasteiger charge is 2.46. The molecule has 2 fully saturated rings. The van der Waals surface area contributed by atoms with E-state index in [9.17, 15) is 0 Å². The van der Waals surface area contributed by atoms with Gasteiger partial charge in [0.2, 0.25) is 5.95 Å². The molecule has 15 heavy (non-hydrogen) atoms. The quantitative estimate of drug-likeness (QED) is 0.735. The molecule has 2 aliphatic rings. The normalized spacial score (nSPS) is 23.9. The average molecular weight is 204 g/mol. The van der Waals surface area contributed by atoms with Crippen molar-refractivity contribution in [1.82, 2.24) is 15.3 Å². The largest absolute Gasteiger partial charge is 0.335 e. The van der Waals surface area contributed by atoms with Crippen molar-refractivity contribution >= 4 is 5.95 Å². The van der Waals surface area contributed by atoms with E-state index in [0.717, 1.165) is 25.6 Å². The van der Waals surface area contributed by atoms with Gasteiger partial charge >= 0.3 is 0 Å². The molecule has 1 aromatic heterocycles. The molecular weight excluding hydrogens is 188 g/mol. The summed E-state index contributed by atoms with van der Waals surface area (Å²) in [7, 11) is 0. The molecular formula is C11H16N4. The second-order valence-corrected chi connectivity index (χ2v) is 4.42. The highest BCUT2D eigenvalue weighted by Crippen LogP contribution is 2.39. The maximum Gasteiger partial charge on any atom is 0.225 e. The maximum absolute atomic E-state index is 4.34. The van der Waals surface area contributed by atoms with Crippen LogP contribution < -0.4 is 10.2 Å². The first-order chi connectivity index (χ1) is 7.41. The predicted octanol–water partition coefficient (Wildman–Crippen LogP) is 0.809. The van der Waals surface area contributed by atoms with Crippen molar-refractivity contribution in [2.24, 2.45) is 0 Å². The van der Waals surface area contributed by atoms with Gasteiger partial charge in [0, 0.05) is 24.5 Å². The monoisotopic (exact) mass is 204 g/mol. The van der Waals surface area contributed by atoms with Gasteiger partial charge in [-0.1, -0.05) is 0 Å². The molecule has 1 spiro atoms. The van der Waals surface area contributed by atoms with Gasteiger partial charge in [0.05, 0.1) is 0 Å². The van der Waals surface area contributed by atoms with Crippen LogP contribution in [0, 0.1) is 0 Å². The Labute approximate surface area is 89.7 Å². The summed E-state index contributed by atoms with van der Waals surface area (Å²) in [6.45, 7) is 3.37. The summed E-state index contributed by atoms with van der Waals surface area (Å²) in [5, 5.41) is 3.41. The Morgan fingerprint density at radius 3 is 2.47 bits per heavy atom. The molecule has 0 saturated carbocycles. The fourth-order valence-corrected chi connectivity index (χ4v) is 2.69. The number of hydrogen-bond donors (Lipinski definition) is 1. The summed E-state index contributed by atoms with van der Waals surface area (Å²) < 4.78 is 0. The number of anilines is 1. The van der Waals surface area contributed by atoms with Gasteiger partial charge in [0.15, 0.2) is 0 Å². The van der Waals surface area contributed by atoms with Crippen LogP contribution in [0.5, 0.6) is 0 Å². The number of hydrogen-bond acceptors (Lipinski definition) is 4. The molecule has 1 aromatic rings. The van der Waals surface area contributed by atoms with E-state index in [1.54, 1.807) is 0 Å². The standard InChI is InChI=1S/C11H16N4/c1-5-13-10(14-6-1)15-9-4-11(15)2-7-12-8-3-11/h1,5-6,12H,2-4,7-9H2. The summed E-state index contributed by atoms with van der Waals surface area (Å²) in [6.07, 6.45) is 7.41. The predicted molar refractivity (Wildman–Crippen MR) is 58.8 cm³/mol. The van der Waals surface area contributed by atoms with Crippen molar-refractivity contribution in [1.29, 1.82) is 0 Å². The average Bonchev–Trinajstić information content (AvgIpc) is 2.30. The lowest BCUT2D eigenvalue weighted by Gasteiger charge is -2.55. The van der Waals surface area contributed by atoms with Gasteiger partial charge in [0.25, 0.3) is 0 Å². The zero-order valence-electron chi connectivity index (χ0n) is 8.82. The Kier molecular flexibility index (Phi) is 2.09. The van der Waals surface area contributed by atoms with Gasteiger partial charge in [0.1, 0.15) is 0 Å². The first kappa shape index (κ1) is 9.09. The Morgan fingerprint density at radius 2 is 1.87 bits per heavy atom. The summed E-state index contributed by atoms with van der Waals surface area (Å²) in [6, 6.07) is 1.87. The van der Waals surface area contributed by atoms with Crippen molar-refractivity contribution in [2.75, 3.05) is 24.5 Å². The van der Waals surface area contributed by atoms with Crippen LogP contribution in [0.1, 0.15) is 19.3 Å². The van der Waals surface area contributed by atoms with Crippen LogP contribution in [0.2, 0.25) is 0 Å². The molecule has 2 aliphatic heterocycles. The van der Waals surface area contributed by atoms with E-state index in [1.807, 2.05) is 18.5 Å². The lowest BCUT2D eigenvalue weighted by atomic mass is 9.77. The fourth-order valence-electron chi connectivity index (χ4n) is 2.69. The van der Waals surface area contributed by atoms with E-state index in [-0.39, 0.29) is 0 Å². The third-order valence-electron chi connectivity index (χ3n) is 3.70. The molecule has 1 N–H and O–H groups in total. The topological polar surface area (TPSA) is 41.1 Å². The van der Waals surface area contributed by atoms with Crippen LogP contribution in [0.4, 0.5) is 5.95 Å². The number of piperidine rings is 1. The second kappa shape index (κ2) is 3.45. The lowest BCUT2D eigenvalue weighted by Crippen LogP contribution is -2.64. The minimum Gasteiger partial charge on any atom is -0.335 e. The Balaban J connectivity index is 1.83. The number of nitrogens with one attached hydrogen (secondary N) is 1. The zero-order chi connectivity index (χ0) is 10.1. The van der Waals surface area contributed by atoms with Crippen molar-refractivity contribution in [3.05, 3.63) is 18.5 Å². The first-order valence-corrected chi connectivity index (χ1v) is 5.66. The van der Waals surface area contributed by atoms with Gasteiger partial charge in [-0.25, -0.2) is 9.97 Å². The van der Waals surface area contributed by atoms with Crippen LogP contribution >= 0.6 is 0 Å². The van der Waals surface area contributed by atoms with E-state index in [2.05, 4.69) is 20.2 Å². The Hall–Kier alpha value is -1.16. The molecule has 4 nitrogen and oxygen atoms in total. The number of aromatic nitrogens is 2. The van der Waals surface area contributed by atoms with Crippen LogP contribution in [-0.4, -0.2) is 35.1 Å². The molecule has 80 valence electrons. The van der Waals surface area contributed by atoms with Gasteiger partial charge in [-0.05, 0) is 38.4 Å². The van der Waals surface area contributed by atoms with E-state index in [1.165, 1.54) is 19.3 Å². The maximum atomic E-state index is 4.34. The molecule has 0 amide bonds. The third-order valence-corrected chi connectivity index (χ3v) is 3.70. The molecule has 0 aliphatic carbocycles. The summed E-state index contributed by atoms with van der Waals surface area (Å²) in [5.74, 6) is 0.908. The Morgan fingerprint density at radius 1 is 1.13 bits per heavy atom. The van der Waals surface area contributed by atoms with Crippen LogP contribution in [0.15, 0.2) is 18.5 Å². The van der Waals surface area contributed by atoms with E-state index >= 15 is 0 Å². The highest BCUT2D eigenvalue weighted by atomic mass is 15.3. The molecule has 0 radical (unpaired) electrons. The molecule has 3 heterocycles. The molecule has 0 unspecified atom stereocenters. The second-order valence-electron chi connectivity index (χ2n) is 4.42. The van der Waals surface area contributed by atoms with E-state index < -0.39 is 0 Å². The molecule has 0 bridgehead atoms. The van der Waals surface area contributed by atoms with Gasteiger partial charge < -0.3 is 10.2 Å². The van der Waals surface area contributed by atoms with E-state index in [0.29, 0.717) is 5.54 Å². The van der Waals surface area contributed by atoms with Gasteiger partial charge in [-0.15, -0.1) is 0 Å². The Bertz CT molecular complexity index is 332. The highest BCUT2D eigenvalue weighted by molar-refractivity contribution is 5.40. The smallest absolute Gasteiger partial charge is 0.225 e. The van der Waals surface area contributed by atoms with Gasteiger partial charge in [-0.2, -0.15) is 0 Å². The summed E-state index contributed by atoms with van der Waals surface area (Å²) in [5.41, 5.74) is 0.368. The molecule has 0 atom stereocenters. The summed E-state index contributed by atoms with van der Waals surface area (Å²) >= 11 is 0. The van der Waals surface area contributed by atoms with Crippen molar-refractivity contribution in [2.45, 2.75) is 24.8 Å². The van der Waals surface area contributed by atoms with Gasteiger partial charge in [-0.3, -0.25) is 0 Å². The molecule has 0 aromatic carbocycles. The fraction of sp³-hybridized carbons (Fsp3) is 0.636. The van der Waals surface area contributed by atoms with Crippen molar-refractivity contribution in [3.8, 4) is 0 Å². The minimum atomic E-state index is 0.368. The first-order valence-electron chi connectivity index (χ1n) is 5.66. The lowest BCUT2D eigenvalue weighted by molar-refractivity contribution is 0.202. The van der Waals surface area contributed by atoms with Crippen molar-refractivity contribution < 1.29 is 0 Å². The number of nitrogens with zero attached hydrogens (tertiary/aromatic N) is 3. The van der Waals surface area contributed by atoms with Crippen molar-refractivity contribution in [3.63, 3.8) is 0 Å². The van der Waals surface area contributed by atoms with Crippen LogP contribution in [0.3, 0.4) is 0 Å². The molecule has 4 heteroatoms. The van der Waals surface area contributed by atoms with Crippen LogP contribution in [-0.2, 0) is 0 Å². The SMILES string of the molecule is c1cnc(N2CCC23CCNCC3)nc1.